The highest BCUT2D eigenvalue weighted by Crippen LogP contribution is 2.21. The zero-order valence-corrected chi connectivity index (χ0v) is 9.48. The average Bonchev–Trinajstić information content (AvgIpc) is 2.41. The molecule has 86 valence electrons. The van der Waals surface area contributed by atoms with Crippen LogP contribution in [0.25, 0.3) is 0 Å². The molecule has 1 saturated heterocycles. The first kappa shape index (κ1) is 12.1. The van der Waals surface area contributed by atoms with Crippen molar-refractivity contribution >= 4 is 5.97 Å². The van der Waals surface area contributed by atoms with Crippen LogP contribution in [0, 0.1) is 5.92 Å². The van der Waals surface area contributed by atoms with Gasteiger partial charge in [0, 0.05) is 25.4 Å². The Bertz CT molecular complexity index is 226. The van der Waals surface area contributed by atoms with E-state index in [-0.39, 0.29) is 0 Å². The van der Waals surface area contributed by atoms with Gasteiger partial charge in [0.2, 0.25) is 0 Å². The van der Waals surface area contributed by atoms with E-state index in [0.717, 1.165) is 19.0 Å². The van der Waals surface area contributed by atoms with Crippen LogP contribution in [0.2, 0.25) is 0 Å². The van der Waals surface area contributed by atoms with Crippen molar-refractivity contribution in [1.29, 1.82) is 0 Å². The van der Waals surface area contributed by atoms with Gasteiger partial charge in [0.1, 0.15) is 0 Å². The highest BCUT2D eigenvalue weighted by molar-refractivity contribution is 5.79. The number of carboxylic acid groups (broad SMARTS) is 1. The molecule has 15 heavy (non-hydrogen) atoms. The maximum absolute atomic E-state index is 10.4. The summed E-state index contributed by atoms with van der Waals surface area (Å²) in [6.07, 6.45) is 9.22. The van der Waals surface area contributed by atoms with Crippen molar-refractivity contribution < 1.29 is 9.90 Å². The van der Waals surface area contributed by atoms with Gasteiger partial charge in [0.15, 0.2) is 0 Å². The first-order chi connectivity index (χ1) is 7.22. The monoisotopic (exact) mass is 211 g/mol. The summed E-state index contributed by atoms with van der Waals surface area (Å²) >= 11 is 0. The second kappa shape index (κ2) is 6.49. The molecule has 1 unspecified atom stereocenters. The van der Waals surface area contributed by atoms with E-state index in [1.54, 1.807) is 6.20 Å². The molecule has 1 atom stereocenters. The molecule has 1 fully saturated rings. The van der Waals surface area contributed by atoms with E-state index in [1.165, 1.54) is 38.2 Å². The number of hydrogen-bond donors (Lipinski definition) is 1. The second-order valence-corrected chi connectivity index (χ2v) is 4.28. The Labute approximate surface area is 91.8 Å². The summed E-state index contributed by atoms with van der Waals surface area (Å²) in [7, 11) is 0. The van der Waals surface area contributed by atoms with Gasteiger partial charge in [0.25, 0.3) is 0 Å². The van der Waals surface area contributed by atoms with Crippen molar-refractivity contribution in [2.45, 2.75) is 39.0 Å². The lowest BCUT2D eigenvalue weighted by atomic mass is 9.96. The number of aliphatic carboxylic acids is 1. The molecule has 0 bridgehead atoms. The fourth-order valence-electron chi connectivity index (χ4n) is 2.20. The minimum Gasteiger partial charge on any atom is -0.478 e. The zero-order chi connectivity index (χ0) is 11.1. The summed E-state index contributed by atoms with van der Waals surface area (Å²) in [5.74, 6) is -0.0115. The standard InChI is InChI=1S/C12H21NO2/c1-2-4-11-5-3-8-13(9-6-11)10-7-12(14)15/h7,10-11H,2-6,8-9H2,1H3,(H,14,15). The van der Waals surface area contributed by atoms with Gasteiger partial charge in [-0.15, -0.1) is 0 Å². The molecule has 1 aliphatic heterocycles. The largest absolute Gasteiger partial charge is 0.478 e. The third-order valence-electron chi connectivity index (χ3n) is 3.01. The first-order valence-corrected chi connectivity index (χ1v) is 5.87. The first-order valence-electron chi connectivity index (χ1n) is 5.87. The zero-order valence-electron chi connectivity index (χ0n) is 9.48. The summed E-state index contributed by atoms with van der Waals surface area (Å²) in [6, 6.07) is 0. The van der Waals surface area contributed by atoms with Crippen molar-refractivity contribution in [3.05, 3.63) is 12.3 Å². The Balaban J connectivity index is 2.35. The van der Waals surface area contributed by atoms with Gasteiger partial charge in [-0.3, -0.25) is 0 Å². The van der Waals surface area contributed by atoms with Crippen LogP contribution >= 0.6 is 0 Å². The van der Waals surface area contributed by atoms with Gasteiger partial charge in [-0.1, -0.05) is 19.8 Å². The van der Waals surface area contributed by atoms with E-state index in [9.17, 15) is 4.79 Å². The van der Waals surface area contributed by atoms with Gasteiger partial charge in [-0.2, -0.15) is 0 Å². The Morgan fingerprint density at radius 1 is 1.47 bits per heavy atom. The second-order valence-electron chi connectivity index (χ2n) is 4.28. The van der Waals surface area contributed by atoms with Crippen LogP contribution in [0.3, 0.4) is 0 Å². The molecule has 0 aromatic rings. The van der Waals surface area contributed by atoms with Crippen molar-refractivity contribution in [1.82, 2.24) is 4.90 Å². The van der Waals surface area contributed by atoms with Crippen LogP contribution in [0.15, 0.2) is 12.3 Å². The molecule has 3 heteroatoms. The maximum Gasteiger partial charge on any atom is 0.329 e. The number of rotatable bonds is 4. The van der Waals surface area contributed by atoms with Crippen molar-refractivity contribution in [2.75, 3.05) is 13.1 Å². The molecule has 0 aromatic heterocycles. The van der Waals surface area contributed by atoms with Crippen molar-refractivity contribution in [2.24, 2.45) is 5.92 Å². The highest BCUT2D eigenvalue weighted by atomic mass is 16.4. The normalized spacial score (nSPS) is 23.0. The Kier molecular flexibility index (Phi) is 5.22. The molecule has 1 heterocycles. The number of likely N-dealkylation sites (tertiary alicyclic amines) is 1. The molecule has 0 aliphatic carbocycles. The van der Waals surface area contributed by atoms with E-state index in [1.807, 2.05) is 0 Å². The van der Waals surface area contributed by atoms with Crippen LogP contribution in [-0.4, -0.2) is 29.1 Å². The summed E-state index contributed by atoms with van der Waals surface area (Å²) in [6.45, 7) is 4.24. The average molecular weight is 211 g/mol. The topological polar surface area (TPSA) is 40.5 Å². The molecular weight excluding hydrogens is 190 g/mol. The summed E-state index contributed by atoms with van der Waals surface area (Å²) in [4.78, 5) is 12.5. The van der Waals surface area contributed by atoms with E-state index in [4.69, 9.17) is 5.11 Å². The van der Waals surface area contributed by atoms with E-state index in [2.05, 4.69) is 11.8 Å². The molecule has 1 aliphatic rings. The van der Waals surface area contributed by atoms with Crippen molar-refractivity contribution in [3.8, 4) is 0 Å². The highest BCUT2D eigenvalue weighted by Gasteiger charge is 2.14. The molecule has 0 spiro atoms. The smallest absolute Gasteiger partial charge is 0.329 e. The van der Waals surface area contributed by atoms with Crippen molar-refractivity contribution in [3.63, 3.8) is 0 Å². The molecule has 1 N–H and O–H groups in total. The molecular formula is C12H21NO2. The number of carboxylic acids is 1. The summed E-state index contributed by atoms with van der Waals surface area (Å²) < 4.78 is 0. The van der Waals surface area contributed by atoms with Crippen LogP contribution < -0.4 is 0 Å². The Morgan fingerprint density at radius 3 is 2.93 bits per heavy atom. The van der Waals surface area contributed by atoms with E-state index in [0.29, 0.717) is 0 Å². The molecule has 3 nitrogen and oxygen atoms in total. The molecule has 0 radical (unpaired) electrons. The minimum atomic E-state index is -0.857. The molecule has 0 saturated carbocycles. The lowest BCUT2D eigenvalue weighted by molar-refractivity contribution is -0.131. The Morgan fingerprint density at radius 2 is 2.27 bits per heavy atom. The van der Waals surface area contributed by atoms with Crippen LogP contribution in [-0.2, 0) is 4.79 Å². The number of nitrogens with zero attached hydrogens (tertiary/aromatic N) is 1. The quantitative estimate of drug-likeness (QED) is 0.726. The SMILES string of the molecule is CCCC1CCCN(C=CC(=O)O)CC1. The van der Waals surface area contributed by atoms with Crippen LogP contribution in [0.1, 0.15) is 39.0 Å². The maximum atomic E-state index is 10.4. The lowest BCUT2D eigenvalue weighted by Crippen LogP contribution is -2.18. The van der Waals surface area contributed by atoms with Gasteiger partial charge >= 0.3 is 5.97 Å². The fourth-order valence-corrected chi connectivity index (χ4v) is 2.20. The molecule has 0 aromatic carbocycles. The van der Waals surface area contributed by atoms with Gasteiger partial charge in [0.05, 0.1) is 0 Å². The van der Waals surface area contributed by atoms with E-state index >= 15 is 0 Å². The predicted molar refractivity (Wildman–Crippen MR) is 60.6 cm³/mol. The fraction of sp³-hybridized carbons (Fsp3) is 0.750. The van der Waals surface area contributed by atoms with Gasteiger partial charge in [-0.05, 0) is 25.2 Å². The van der Waals surface area contributed by atoms with Gasteiger partial charge in [-0.25, -0.2) is 4.79 Å². The summed E-state index contributed by atoms with van der Waals surface area (Å²) in [5.41, 5.74) is 0. The minimum absolute atomic E-state index is 0.846. The number of carbonyl (C=O) groups is 1. The molecule has 0 amide bonds. The Hall–Kier alpha value is -0.990. The van der Waals surface area contributed by atoms with Crippen LogP contribution in [0.5, 0.6) is 0 Å². The predicted octanol–water partition coefficient (Wildman–Crippen LogP) is 2.49. The van der Waals surface area contributed by atoms with Gasteiger partial charge < -0.3 is 10.0 Å². The van der Waals surface area contributed by atoms with E-state index < -0.39 is 5.97 Å². The third-order valence-corrected chi connectivity index (χ3v) is 3.01. The lowest BCUT2D eigenvalue weighted by Gasteiger charge is -2.17. The molecule has 1 rings (SSSR count). The number of hydrogen-bond acceptors (Lipinski definition) is 2. The summed E-state index contributed by atoms with van der Waals surface area (Å²) in [5, 5.41) is 8.54. The van der Waals surface area contributed by atoms with Crippen LogP contribution in [0.4, 0.5) is 0 Å². The third kappa shape index (κ3) is 4.86.